The molecule has 4 aromatic carbocycles. The predicted molar refractivity (Wildman–Crippen MR) is 110 cm³/mol. The first-order valence-corrected chi connectivity index (χ1v) is 8.56. The summed E-state index contributed by atoms with van der Waals surface area (Å²) in [5, 5.41) is 25.2. The molecule has 6 nitrogen and oxygen atoms in total. The summed E-state index contributed by atoms with van der Waals surface area (Å²) >= 11 is 0. The minimum Gasteiger partial charge on any atom is -0.258 e. The van der Waals surface area contributed by atoms with E-state index >= 15 is 0 Å². The lowest BCUT2D eigenvalue weighted by molar-refractivity contribution is -0.383. The number of hydrogen-bond donors (Lipinski definition) is 0. The maximum atomic E-state index is 11.3. The van der Waals surface area contributed by atoms with E-state index < -0.39 is 0 Å². The van der Waals surface area contributed by atoms with Gasteiger partial charge in [-0.3, -0.25) is 20.2 Å². The standard InChI is InChI=1S/C22H14N2O4/c25-23(26)21-11-3-7-17-15(5-1-9-19(17)21)13-14-16-6-2-10-20-18(16)8-4-12-22(20)24(27)28/h1-14H/b14-13+. The Labute approximate surface area is 159 Å². The number of nitro benzene ring substituents is 2. The molecule has 0 aromatic heterocycles. The van der Waals surface area contributed by atoms with Crippen LogP contribution in [0.25, 0.3) is 33.7 Å². The molecule has 0 amide bonds. The van der Waals surface area contributed by atoms with Crippen LogP contribution in [0, 0.1) is 20.2 Å². The Morgan fingerprint density at radius 2 is 0.893 bits per heavy atom. The Morgan fingerprint density at radius 3 is 1.29 bits per heavy atom. The summed E-state index contributed by atoms with van der Waals surface area (Å²) in [7, 11) is 0. The fourth-order valence-electron chi connectivity index (χ4n) is 3.42. The van der Waals surface area contributed by atoms with Gasteiger partial charge in [0.15, 0.2) is 0 Å². The van der Waals surface area contributed by atoms with Crippen LogP contribution >= 0.6 is 0 Å². The summed E-state index contributed by atoms with van der Waals surface area (Å²) in [6.07, 6.45) is 3.75. The maximum Gasteiger partial charge on any atom is 0.277 e. The van der Waals surface area contributed by atoms with E-state index in [1.165, 1.54) is 12.1 Å². The Kier molecular flexibility index (Phi) is 4.29. The van der Waals surface area contributed by atoms with Crippen LogP contribution in [0.1, 0.15) is 11.1 Å². The van der Waals surface area contributed by atoms with Crippen LogP contribution in [-0.4, -0.2) is 9.85 Å². The van der Waals surface area contributed by atoms with Crippen LogP contribution in [0.15, 0.2) is 72.8 Å². The molecule has 4 aromatic rings. The van der Waals surface area contributed by atoms with E-state index in [1.54, 1.807) is 36.4 Å². The highest BCUT2D eigenvalue weighted by Crippen LogP contribution is 2.31. The highest BCUT2D eigenvalue weighted by molar-refractivity contribution is 6.01. The highest BCUT2D eigenvalue weighted by Gasteiger charge is 2.13. The molecule has 0 aliphatic rings. The Hall–Kier alpha value is -4.06. The smallest absolute Gasteiger partial charge is 0.258 e. The summed E-state index contributed by atoms with van der Waals surface area (Å²) in [6.45, 7) is 0. The zero-order valence-corrected chi connectivity index (χ0v) is 14.6. The summed E-state index contributed by atoms with van der Waals surface area (Å²) in [4.78, 5) is 21.8. The number of non-ortho nitro benzene ring substituents is 2. The maximum absolute atomic E-state index is 11.3. The summed E-state index contributed by atoms with van der Waals surface area (Å²) in [5.74, 6) is 0. The largest absolute Gasteiger partial charge is 0.277 e. The van der Waals surface area contributed by atoms with Crippen LogP contribution in [0.5, 0.6) is 0 Å². The fourth-order valence-corrected chi connectivity index (χ4v) is 3.42. The van der Waals surface area contributed by atoms with Crippen molar-refractivity contribution in [2.75, 3.05) is 0 Å². The van der Waals surface area contributed by atoms with E-state index in [-0.39, 0.29) is 21.2 Å². The van der Waals surface area contributed by atoms with E-state index in [4.69, 9.17) is 0 Å². The van der Waals surface area contributed by atoms with Crippen LogP contribution < -0.4 is 0 Å². The van der Waals surface area contributed by atoms with Gasteiger partial charge in [-0.2, -0.15) is 0 Å². The van der Waals surface area contributed by atoms with Gasteiger partial charge in [-0.05, 0) is 34.0 Å². The van der Waals surface area contributed by atoms with Gasteiger partial charge in [-0.25, -0.2) is 0 Å². The molecule has 0 spiro atoms. The van der Waals surface area contributed by atoms with Gasteiger partial charge in [0.2, 0.25) is 0 Å². The highest BCUT2D eigenvalue weighted by atomic mass is 16.6. The Bertz CT molecular complexity index is 1180. The minimum absolute atomic E-state index is 0.0635. The van der Waals surface area contributed by atoms with Gasteiger partial charge in [0.05, 0.1) is 20.6 Å². The molecule has 0 bridgehead atoms. The molecule has 0 N–H and O–H groups in total. The van der Waals surface area contributed by atoms with Crippen molar-refractivity contribution in [3.8, 4) is 0 Å². The molecule has 0 heterocycles. The van der Waals surface area contributed by atoms with Gasteiger partial charge in [0, 0.05) is 12.1 Å². The van der Waals surface area contributed by atoms with Crippen molar-refractivity contribution in [2.24, 2.45) is 0 Å². The third-order valence-corrected chi connectivity index (χ3v) is 4.70. The summed E-state index contributed by atoms with van der Waals surface area (Å²) < 4.78 is 0. The molecule has 6 heteroatoms. The SMILES string of the molecule is O=[N+]([O-])c1cccc2c(/C=C/c3cccc4c([N+](=O)[O-])cccc34)cccc12. The van der Waals surface area contributed by atoms with Gasteiger partial charge >= 0.3 is 0 Å². The molecule has 136 valence electrons. The molecule has 28 heavy (non-hydrogen) atoms. The number of rotatable bonds is 4. The summed E-state index contributed by atoms with van der Waals surface area (Å²) in [5.41, 5.74) is 1.80. The van der Waals surface area contributed by atoms with Gasteiger partial charge in [-0.1, -0.05) is 60.7 Å². The van der Waals surface area contributed by atoms with Crippen molar-refractivity contribution in [2.45, 2.75) is 0 Å². The Morgan fingerprint density at radius 1 is 0.536 bits per heavy atom. The molecule has 0 saturated heterocycles. The Balaban J connectivity index is 1.85. The molecular weight excluding hydrogens is 356 g/mol. The molecule has 0 unspecified atom stereocenters. The number of hydrogen-bond acceptors (Lipinski definition) is 4. The van der Waals surface area contributed by atoms with Crippen molar-refractivity contribution < 1.29 is 9.85 Å². The van der Waals surface area contributed by atoms with E-state index in [1.807, 2.05) is 36.4 Å². The molecular formula is C22H14N2O4. The lowest BCUT2D eigenvalue weighted by atomic mass is 10.00. The fraction of sp³-hybridized carbons (Fsp3) is 0. The molecule has 0 atom stereocenters. The first-order chi connectivity index (χ1) is 13.6. The van der Waals surface area contributed by atoms with E-state index in [2.05, 4.69) is 0 Å². The zero-order valence-electron chi connectivity index (χ0n) is 14.6. The molecule has 4 rings (SSSR count). The van der Waals surface area contributed by atoms with E-state index in [9.17, 15) is 20.2 Å². The number of nitro groups is 2. The van der Waals surface area contributed by atoms with Gasteiger partial charge < -0.3 is 0 Å². The van der Waals surface area contributed by atoms with Crippen molar-refractivity contribution in [1.82, 2.24) is 0 Å². The minimum atomic E-state index is -0.389. The second kappa shape index (κ2) is 6.92. The average Bonchev–Trinajstić information content (AvgIpc) is 2.71. The van der Waals surface area contributed by atoms with Gasteiger partial charge in [0.25, 0.3) is 11.4 Å². The van der Waals surface area contributed by atoms with E-state index in [0.717, 1.165) is 21.9 Å². The second-order valence-corrected chi connectivity index (χ2v) is 6.29. The van der Waals surface area contributed by atoms with Gasteiger partial charge in [-0.15, -0.1) is 0 Å². The van der Waals surface area contributed by atoms with Crippen LogP contribution in [0.4, 0.5) is 11.4 Å². The normalized spacial score (nSPS) is 11.3. The molecule has 0 radical (unpaired) electrons. The van der Waals surface area contributed by atoms with Crippen LogP contribution in [0.3, 0.4) is 0 Å². The lowest BCUT2D eigenvalue weighted by Crippen LogP contribution is -1.90. The van der Waals surface area contributed by atoms with Crippen molar-refractivity contribution >= 4 is 45.1 Å². The third-order valence-electron chi connectivity index (χ3n) is 4.70. The molecule has 0 aliphatic carbocycles. The number of benzene rings is 4. The predicted octanol–water partition coefficient (Wildman–Crippen LogP) is 5.98. The summed E-state index contributed by atoms with van der Waals surface area (Å²) in [6, 6.07) is 20.8. The average molecular weight is 370 g/mol. The van der Waals surface area contributed by atoms with Crippen molar-refractivity contribution in [1.29, 1.82) is 0 Å². The topological polar surface area (TPSA) is 86.3 Å². The molecule has 0 fully saturated rings. The van der Waals surface area contributed by atoms with Crippen molar-refractivity contribution in [3.63, 3.8) is 0 Å². The second-order valence-electron chi connectivity index (χ2n) is 6.29. The van der Waals surface area contributed by atoms with Crippen LogP contribution in [-0.2, 0) is 0 Å². The van der Waals surface area contributed by atoms with Crippen LogP contribution in [0.2, 0.25) is 0 Å². The number of nitrogens with zero attached hydrogens (tertiary/aromatic N) is 2. The number of fused-ring (bicyclic) bond motifs is 2. The molecule has 0 aliphatic heterocycles. The monoisotopic (exact) mass is 370 g/mol. The zero-order chi connectivity index (χ0) is 19.7. The third kappa shape index (κ3) is 2.97. The van der Waals surface area contributed by atoms with E-state index in [0.29, 0.717) is 10.8 Å². The molecule has 0 saturated carbocycles. The quantitative estimate of drug-likeness (QED) is 0.251. The first kappa shape index (κ1) is 17.4. The van der Waals surface area contributed by atoms with Crippen molar-refractivity contribution in [3.05, 3.63) is 104 Å². The van der Waals surface area contributed by atoms with Gasteiger partial charge in [0.1, 0.15) is 0 Å². The lowest BCUT2D eigenvalue weighted by Gasteiger charge is -2.05. The first-order valence-electron chi connectivity index (χ1n) is 8.56.